The summed E-state index contributed by atoms with van der Waals surface area (Å²) in [5, 5.41) is 0.812. The van der Waals surface area contributed by atoms with Gasteiger partial charge in [0.1, 0.15) is 5.82 Å². The quantitative estimate of drug-likeness (QED) is 0.691. The standard InChI is InChI=1S/C26H35ClN4/c1-18-23-16-31(14-11-24(23)30-25(29-18)8-7-19-5-6-19)22-9-12-26(17-28,13-10-22)20-3-2-4-21(27)15-20/h2-4,15,19,22H,5-14,16-17,28H2,1H3. The fourth-order valence-electron chi connectivity index (χ4n) is 5.77. The second-order valence-corrected chi connectivity index (χ2v) is 10.5. The average molecular weight is 439 g/mol. The molecule has 166 valence electrons. The van der Waals surface area contributed by atoms with Gasteiger partial charge < -0.3 is 5.73 Å². The van der Waals surface area contributed by atoms with Gasteiger partial charge in [-0.25, -0.2) is 9.97 Å². The highest BCUT2D eigenvalue weighted by Crippen LogP contribution is 2.41. The third kappa shape index (κ3) is 4.53. The summed E-state index contributed by atoms with van der Waals surface area (Å²) in [6.45, 7) is 4.99. The number of hydrogen-bond acceptors (Lipinski definition) is 4. The number of aryl methyl sites for hydroxylation is 2. The van der Waals surface area contributed by atoms with Gasteiger partial charge in [-0.3, -0.25) is 4.90 Å². The van der Waals surface area contributed by atoms with Crippen molar-refractivity contribution in [1.29, 1.82) is 0 Å². The number of nitrogens with zero attached hydrogens (tertiary/aromatic N) is 3. The first-order valence-corrected chi connectivity index (χ1v) is 12.5. The van der Waals surface area contributed by atoms with Gasteiger partial charge in [0, 0.05) is 60.2 Å². The minimum absolute atomic E-state index is 0.0740. The first-order valence-electron chi connectivity index (χ1n) is 12.1. The van der Waals surface area contributed by atoms with Crippen molar-refractivity contribution >= 4 is 11.6 Å². The van der Waals surface area contributed by atoms with Gasteiger partial charge in [0.05, 0.1) is 5.69 Å². The Morgan fingerprint density at radius 2 is 1.97 bits per heavy atom. The first-order chi connectivity index (χ1) is 15.1. The zero-order valence-corrected chi connectivity index (χ0v) is 19.5. The van der Waals surface area contributed by atoms with Crippen LogP contribution in [-0.4, -0.2) is 34.0 Å². The lowest BCUT2D eigenvalue weighted by Crippen LogP contribution is -2.47. The van der Waals surface area contributed by atoms with Crippen LogP contribution in [0.2, 0.25) is 5.02 Å². The summed E-state index contributed by atoms with van der Waals surface area (Å²) >= 11 is 6.28. The molecule has 0 atom stereocenters. The van der Waals surface area contributed by atoms with Crippen molar-refractivity contribution < 1.29 is 0 Å². The van der Waals surface area contributed by atoms with Crippen LogP contribution in [0.15, 0.2) is 24.3 Å². The average Bonchev–Trinajstić information content (AvgIpc) is 3.62. The Bertz CT molecular complexity index is 931. The van der Waals surface area contributed by atoms with Crippen LogP contribution in [0.5, 0.6) is 0 Å². The van der Waals surface area contributed by atoms with Gasteiger partial charge in [0.25, 0.3) is 0 Å². The van der Waals surface area contributed by atoms with Crippen molar-refractivity contribution in [3.8, 4) is 0 Å². The van der Waals surface area contributed by atoms with Crippen molar-refractivity contribution in [2.45, 2.75) is 82.7 Å². The van der Waals surface area contributed by atoms with E-state index >= 15 is 0 Å². The van der Waals surface area contributed by atoms with E-state index in [1.54, 1.807) is 0 Å². The van der Waals surface area contributed by atoms with Gasteiger partial charge in [-0.2, -0.15) is 0 Å². The third-order valence-corrected chi connectivity index (χ3v) is 8.31. The second-order valence-electron chi connectivity index (χ2n) is 10.1. The highest BCUT2D eigenvalue weighted by Gasteiger charge is 2.38. The molecule has 0 unspecified atom stereocenters. The maximum Gasteiger partial charge on any atom is 0.128 e. The van der Waals surface area contributed by atoms with E-state index in [9.17, 15) is 0 Å². The normalized spacial score (nSPS) is 26.6. The van der Waals surface area contributed by atoms with Crippen molar-refractivity contribution in [3.05, 3.63) is 57.6 Å². The number of rotatable bonds is 6. The fraction of sp³-hybridized carbons (Fsp3) is 0.615. The number of fused-ring (bicyclic) bond motifs is 1. The van der Waals surface area contributed by atoms with Crippen LogP contribution in [0.1, 0.15) is 73.3 Å². The van der Waals surface area contributed by atoms with E-state index < -0.39 is 0 Å². The lowest BCUT2D eigenvalue weighted by atomic mass is 9.68. The van der Waals surface area contributed by atoms with Crippen LogP contribution in [-0.2, 0) is 24.8 Å². The molecule has 0 spiro atoms. The first kappa shape index (κ1) is 21.4. The summed E-state index contributed by atoms with van der Waals surface area (Å²) in [4.78, 5) is 12.5. The minimum atomic E-state index is 0.0740. The molecule has 5 rings (SSSR count). The van der Waals surface area contributed by atoms with E-state index in [-0.39, 0.29) is 5.41 Å². The van der Waals surface area contributed by atoms with E-state index in [0.29, 0.717) is 12.6 Å². The lowest BCUT2D eigenvalue weighted by molar-refractivity contribution is 0.111. The molecular weight excluding hydrogens is 404 g/mol. The Kier molecular flexibility index (Phi) is 6.07. The smallest absolute Gasteiger partial charge is 0.128 e. The molecule has 2 fully saturated rings. The Hall–Kier alpha value is -1.49. The van der Waals surface area contributed by atoms with E-state index in [0.717, 1.165) is 55.5 Å². The van der Waals surface area contributed by atoms with Crippen LogP contribution < -0.4 is 5.73 Å². The van der Waals surface area contributed by atoms with Gasteiger partial charge in [-0.05, 0) is 62.6 Å². The number of nitrogens with two attached hydrogens (primary N) is 1. The largest absolute Gasteiger partial charge is 0.330 e. The van der Waals surface area contributed by atoms with Crippen LogP contribution in [0.3, 0.4) is 0 Å². The van der Waals surface area contributed by atoms with Gasteiger partial charge in [0.2, 0.25) is 0 Å². The van der Waals surface area contributed by atoms with Crippen molar-refractivity contribution in [2.24, 2.45) is 11.7 Å². The molecule has 2 saturated carbocycles. The maximum absolute atomic E-state index is 6.32. The fourth-order valence-corrected chi connectivity index (χ4v) is 5.97. The SMILES string of the molecule is Cc1nc(CCC2CC2)nc2c1CN(C1CCC(CN)(c3cccc(Cl)c3)CC1)CC2. The van der Waals surface area contributed by atoms with E-state index in [1.807, 2.05) is 6.07 Å². The Morgan fingerprint density at radius 3 is 2.68 bits per heavy atom. The lowest BCUT2D eigenvalue weighted by Gasteiger charge is -2.44. The summed E-state index contributed by atoms with van der Waals surface area (Å²) < 4.78 is 0. The molecule has 1 aromatic heterocycles. The summed E-state index contributed by atoms with van der Waals surface area (Å²) in [5.41, 5.74) is 11.6. The zero-order chi connectivity index (χ0) is 21.4. The molecule has 0 radical (unpaired) electrons. The number of aromatic nitrogens is 2. The summed E-state index contributed by atoms with van der Waals surface area (Å²) in [6, 6.07) is 8.96. The predicted molar refractivity (Wildman–Crippen MR) is 126 cm³/mol. The van der Waals surface area contributed by atoms with Crippen molar-refractivity contribution in [1.82, 2.24) is 14.9 Å². The third-order valence-electron chi connectivity index (χ3n) is 8.07. The Morgan fingerprint density at radius 1 is 1.16 bits per heavy atom. The van der Waals surface area contributed by atoms with Crippen LogP contribution in [0.25, 0.3) is 0 Å². The van der Waals surface area contributed by atoms with Crippen LogP contribution in [0.4, 0.5) is 0 Å². The van der Waals surface area contributed by atoms with Gasteiger partial charge in [-0.1, -0.05) is 36.6 Å². The number of hydrogen-bond donors (Lipinski definition) is 1. The van der Waals surface area contributed by atoms with E-state index in [2.05, 4.69) is 30.0 Å². The summed E-state index contributed by atoms with van der Waals surface area (Å²) in [5.74, 6) is 2.01. The van der Waals surface area contributed by atoms with Gasteiger partial charge in [0.15, 0.2) is 0 Å². The topological polar surface area (TPSA) is 55.0 Å². The van der Waals surface area contributed by atoms with Gasteiger partial charge >= 0.3 is 0 Å². The molecule has 3 aliphatic rings. The monoisotopic (exact) mass is 438 g/mol. The molecule has 2 heterocycles. The highest BCUT2D eigenvalue weighted by molar-refractivity contribution is 6.30. The molecule has 2 aliphatic carbocycles. The molecule has 4 nitrogen and oxygen atoms in total. The summed E-state index contributed by atoms with van der Waals surface area (Å²) in [7, 11) is 0. The molecule has 2 N–H and O–H groups in total. The molecule has 0 saturated heterocycles. The van der Waals surface area contributed by atoms with Crippen molar-refractivity contribution in [3.63, 3.8) is 0 Å². The molecule has 2 aromatic rings. The molecular formula is C26H35ClN4. The highest BCUT2D eigenvalue weighted by atomic mass is 35.5. The Balaban J connectivity index is 1.25. The maximum atomic E-state index is 6.32. The second kappa shape index (κ2) is 8.80. The zero-order valence-electron chi connectivity index (χ0n) is 18.7. The summed E-state index contributed by atoms with van der Waals surface area (Å²) in [6.07, 6.45) is 10.8. The van der Waals surface area contributed by atoms with E-state index in [4.69, 9.17) is 27.3 Å². The number of benzene rings is 1. The minimum Gasteiger partial charge on any atom is -0.330 e. The van der Waals surface area contributed by atoms with Crippen LogP contribution in [0, 0.1) is 12.8 Å². The molecule has 0 amide bonds. The molecule has 0 bridgehead atoms. The van der Waals surface area contributed by atoms with E-state index in [1.165, 1.54) is 54.6 Å². The predicted octanol–water partition coefficient (Wildman–Crippen LogP) is 4.98. The molecule has 1 aromatic carbocycles. The Labute approximate surface area is 191 Å². The molecule has 5 heteroatoms. The van der Waals surface area contributed by atoms with Crippen molar-refractivity contribution in [2.75, 3.05) is 13.1 Å². The molecule has 31 heavy (non-hydrogen) atoms. The van der Waals surface area contributed by atoms with Crippen LogP contribution >= 0.6 is 11.6 Å². The number of halogens is 1. The van der Waals surface area contributed by atoms with Gasteiger partial charge in [-0.15, -0.1) is 0 Å². The molecule has 1 aliphatic heterocycles.